The van der Waals surface area contributed by atoms with Crippen molar-refractivity contribution in [3.8, 4) is 17.0 Å². The van der Waals surface area contributed by atoms with Gasteiger partial charge in [-0.05, 0) is 48.9 Å². The Morgan fingerprint density at radius 3 is 2.47 bits per heavy atom. The number of carboxylic acid groups (broad SMARTS) is 1. The first-order chi connectivity index (χ1) is 9.15. The van der Waals surface area contributed by atoms with Gasteiger partial charge >= 0.3 is 5.97 Å². The Labute approximate surface area is 109 Å². The molecule has 2 aromatic rings. The highest BCUT2D eigenvalue weighted by atomic mass is 16.5. The molecule has 0 spiro atoms. The largest absolute Gasteiger partial charge is 0.507 e. The summed E-state index contributed by atoms with van der Waals surface area (Å²) in [4.78, 5) is 10.8. The Morgan fingerprint density at radius 1 is 1.16 bits per heavy atom. The molecule has 1 aromatic heterocycles. The molecule has 1 aliphatic rings. The summed E-state index contributed by atoms with van der Waals surface area (Å²) in [6.07, 6.45) is 4.23. The molecule has 0 unspecified atom stereocenters. The van der Waals surface area contributed by atoms with Crippen LogP contribution in [-0.2, 0) is 12.8 Å². The fraction of sp³-hybridized carbons (Fsp3) is 0.286. The molecule has 0 saturated heterocycles. The molecule has 0 saturated carbocycles. The second kappa shape index (κ2) is 4.42. The molecule has 0 amide bonds. The Kier molecular flexibility index (Phi) is 2.74. The number of aromatic carboxylic acids is 1. The maximum atomic E-state index is 10.8. The van der Waals surface area contributed by atoms with Crippen LogP contribution in [0.2, 0.25) is 0 Å². The van der Waals surface area contributed by atoms with Gasteiger partial charge in [-0.2, -0.15) is 0 Å². The molecule has 98 valence electrons. The van der Waals surface area contributed by atoms with Crippen molar-refractivity contribution in [1.29, 1.82) is 0 Å². The highest BCUT2D eigenvalue weighted by molar-refractivity contribution is 5.86. The van der Waals surface area contributed by atoms with Crippen molar-refractivity contribution in [2.24, 2.45) is 0 Å². The summed E-state index contributed by atoms with van der Waals surface area (Å²) >= 11 is 0. The van der Waals surface area contributed by atoms with E-state index in [-0.39, 0.29) is 11.5 Å². The van der Waals surface area contributed by atoms with E-state index in [0.717, 1.165) is 31.2 Å². The first kappa shape index (κ1) is 11.8. The lowest BCUT2D eigenvalue weighted by Crippen LogP contribution is -2.02. The molecule has 1 aliphatic carbocycles. The van der Waals surface area contributed by atoms with Crippen molar-refractivity contribution >= 4 is 5.97 Å². The Morgan fingerprint density at radius 2 is 1.84 bits per heavy atom. The number of aromatic hydroxyl groups is 1. The van der Waals surface area contributed by atoms with Crippen LogP contribution in [0.1, 0.15) is 34.5 Å². The number of hydrogen-bond donors (Lipinski definition) is 2. The Hall–Kier alpha value is -2.30. The molecule has 0 bridgehead atoms. The smallest absolute Gasteiger partial charge is 0.374 e. The number of phenols is 1. The van der Waals surface area contributed by atoms with Crippen molar-refractivity contribution in [3.63, 3.8) is 0 Å². The van der Waals surface area contributed by atoms with Gasteiger partial charge in [0.05, 0.1) is 0 Å². The van der Waals surface area contributed by atoms with Gasteiger partial charge in [-0.3, -0.25) is 0 Å². The van der Waals surface area contributed by atoms with Crippen LogP contribution in [0.4, 0.5) is 0 Å². The van der Waals surface area contributed by atoms with E-state index in [1.54, 1.807) is 6.07 Å². The first-order valence-corrected chi connectivity index (χ1v) is 6.20. The van der Waals surface area contributed by atoms with Gasteiger partial charge in [0.1, 0.15) is 11.4 Å². The fourth-order valence-electron chi connectivity index (χ4n) is 2.48. The summed E-state index contributed by atoms with van der Waals surface area (Å²) in [7, 11) is 0. The minimum absolute atomic E-state index is 0.117. The SMILES string of the molecule is O=C(O)c1cc(-c2cc3c(cc2O)CCCC3)no1. The van der Waals surface area contributed by atoms with Crippen LogP contribution in [0.5, 0.6) is 5.75 Å². The van der Waals surface area contributed by atoms with Gasteiger partial charge < -0.3 is 14.7 Å². The molecule has 5 heteroatoms. The Balaban J connectivity index is 2.06. The van der Waals surface area contributed by atoms with Crippen LogP contribution in [0.15, 0.2) is 22.7 Å². The average molecular weight is 259 g/mol. The highest BCUT2D eigenvalue weighted by Crippen LogP contribution is 2.34. The predicted octanol–water partition coefficient (Wildman–Crippen LogP) is 2.62. The maximum absolute atomic E-state index is 10.8. The summed E-state index contributed by atoms with van der Waals surface area (Å²) in [5.41, 5.74) is 3.23. The number of carboxylic acids is 1. The number of nitrogens with zero attached hydrogens (tertiary/aromatic N) is 1. The van der Waals surface area contributed by atoms with Crippen LogP contribution < -0.4 is 0 Å². The van der Waals surface area contributed by atoms with Crippen LogP contribution in [0.25, 0.3) is 11.3 Å². The number of carbonyl (C=O) groups is 1. The van der Waals surface area contributed by atoms with Crippen LogP contribution >= 0.6 is 0 Å². The van der Waals surface area contributed by atoms with E-state index in [0.29, 0.717) is 11.3 Å². The number of hydrogen-bond acceptors (Lipinski definition) is 4. The first-order valence-electron chi connectivity index (χ1n) is 6.20. The zero-order valence-corrected chi connectivity index (χ0v) is 10.2. The molecule has 3 rings (SSSR count). The number of aryl methyl sites for hydroxylation is 2. The molecule has 0 aliphatic heterocycles. The lowest BCUT2D eigenvalue weighted by atomic mass is 9.89. The molecule has 0 atom stereocenters. The standard InChI is InChI=1S/C14H13NO4/c16-12-6-9-4-2-1-3-8(9)5-10(12)11-7-13(14(17)18)19-15-11/h5-7,16H,1-4H2,(H,17,18). The van der Waals surface area contributed by atoms with E-state index >= 15 is 0 Å². The molecule has 0 fully saturated rings. The van der Waals surface area contributed by atoms with Crippen molar-refractivity contribution in [1.82, 2.24) is 5.16 Å². The third kappa shape index (κ3) is 2.07. The van der Waals surface area contributed by atoms with Crippen molar-refractivity contribution in [2.75, 3.05) is 0 Å². The van der Waals surface area contributed by atoms with Gasteiger partial charge in [-0.1, -0.05) is 5.16 Å². The zero-order valence-electron chi connectivity index (χ0n) is 10.2. The molecular formula is C14H13NO4. The van der Waals surface area contributed by atoms with E-state index in [2.05, 4.69) is 5.16 Å². The number of rotatable bonds is 2. The molecular weight excluding hydrogens is 246 g/mol. The fourth-order valence-corrected chi connectivity index (χ4v) is 2.48. The summed E-state index contributed by atoms with van der Waals surface area (Å²) < 4.78 is 4.72. The van der Waals surface area contributed by atoms with E-state index in [9.17, 15) is 9.90 Å². The zero-order chi connectivity index (χ0) is 13.4. The second-order valence-electron chi connectivity index (χ2n) is 4.73. The van der Waals surface area contributed by atoms with Crippen LogP contribution in [0.3, 0.4) is 0 Å². The number of phenolic OH excluding ortho intramolecular Hbond substituents is 1. The second-order valence-corrected chi connectivity index (χ2v) is 4.73. The molecule has 19 heavy (non-hydrogen) atoms. The van der Waals surface area contributed by atoms with Gasteiger partial charge in [0.15, 0.2) is 0 Å². The highest BCUT2D eigenvalue weighted by Gasteiger charge is 2.18. The lowest BCUT2D eigenvalue weighted by Gasteiger charge is -2.17. The summed E-state index contributed by atoms with van der Waals surface area (Å²) in [6.45, 7) is 0. The van der Waals surface area contributed by atoms with E-state index in [1.165, 1.54) is 11.6 Å². The number of benzene rings is 1. The third-order valence-electron chi connectivity index (χ3n) is 3.46. The molecule has 1 aromatic carbocycles. The van der Waals surface area contributed by atoms with Crippen LogP contribution in [0, 0.1) is 0 Å². The van der Waals surface area contributed by atoms with E-state index in [1.807, 2.05) is 6.07 Å². The minimum atomic E-state index is -1.17. The number of fused-ring (bicyclic) bond motifs is 1. The minimum Gasteiger partial charge on any atom is -0.507 e. The predicted molar refractivity (Wildman–Crippen MR) is 67.2 cm³/mol. The van der Waals surface area contributed by atoms with Crippen molar-refractivity contribution in [3.05, 3.63) is 35.1 Å². The summed E-state index contributed by atoms with van der Waals surface area (Å²) in [6, 6.07) is 4.96. The Bertz CT molecular complexity index is 645. The molecule has 1 heterocycles. The summed E-state index contributed by atoms with van der Waals surface area (Å²) in [5.74, 6) is -1.28. The number of aromatic nitrogens is 1. The molecule has 0 radical (unpaired) electrons. The third-order valence-corrected chi connectivity index (χ3v) is 3.46. The van der Waals surface area contributed by atoms with E-state index in [4.69, 9.17) is 9.63 Å². The van der Waals surface area contributed by atoms with Gasteiger partial charge in [-0.25, -0.2) is 4.79 Å². The molecule has 2 N–H and O–H groups in total. The van der Waals surface area contributed by atoms with Gasteiger partial charge in [0, 0.05) is 11.6 Å². The van der Waals surface area contributed by atoms with Crippen LogP contribution in [-0.4, -0.2) is 21.3 Å². The van der Waals surface area contributed by atoms with Gasteiger partial charge in [-0.15, -0.1) is 0 Å². The van der Waals surface area contributed by atoms with Gasteiger partial charge in [0.25, 0.3) is 0 Å². The monoisotopic (exact) mass is 259 g/mol. The normalized spacial score (nSPS) is 14.1. The maximum Gasteiger partial charge on any atom is 0.374 e. The van der Waals surface area contributed by atoms with Crippen molar-refractivity contribution in [2.45, 2.75) is 25.7 Å². The quantitative estimate of drug-likeness (QED) is 0.866. The summed E-state index contributed by atoms with van der Waals surface area (Å²) in [5, 5.41) is 22.6. The van der Waals surface area contributed by atoms with Crippen molar-refractivity contribution < 1.29 is 19.5 Å². The molecule has 5 nitrogen and oxygen atoms in total. The van der Waals surface area contributed by atoms with Gasteiger partial charge in [0.2, 0.25) is 5.76 Å². The van der Waals surface area contributed by atoms with E-state index < -0.39 is 5.97 Å². The lowest BCUT2D eigenvalue weighted by molar-refractivity contribution is 0.0652. The topological polar surface area (TPSA) is 83.6 Å². The average Bonchev–Trinajstić information content (AvgIpc) is 2.87.